The molecule has 2 N–H and O–H groups in total. The lowest BCUT2D eigenvalue weighted by atomic mass is 9.85. The summed E-state index contributed by atoms with van der Waals surface area (Å²) in [6.45, 7) is 0.407. The summed E-state index contributed by atoms with van der Waals surface area (Å²) in [5.74, 6) is -1.96. The molecule has 1 amide bonds. The molecule has 0 saturated heterocycles. The van der Waals surface area contributed by atoms with E-state index in [2.05, 4.69) is 15.3 Å². The number of carbonyl (C=O) groups is 2. The number of aromatic carboxylic acids is 1. The van der Waals surface area contributed by atoms with Crippen LogP contribution in [0.3, 0.4) is 0 Å². The minimum atomic E-state index is -4.80. The summed E-state index contributed by atoms with van der Waals surface area (Å²) in [4.78, 5) is 44.6. The van der Waals surface area contributed by atoms with Gasteiger partial charge in [-0.1, -0.05) is 23.7 Å². The molecule has 1 aliphatic carbocycles. The molecule has 40 heavy (non-hydrogen) atoms. The van der Waals surface area contributed by atoms with Gasteiger partial charge in [-0.15, -0.1) is 0 Å². The van der Waals surface area contributed by atoms with Crippen LogP contribution in [0.15, 0.2) is 59.7 Å². The molecular weight excluding hydrogens is 551 g/mol. The molecule has 1 aromatic carbocycles. The fourth-order valence-corrected chi connectivity index (χ4v) is 5.29. The molecule has 208 valence electrons. The van der Waals surface area contributed by atoms with Crippen molar-refractivity contribution in [2.75, 3.05) is 0 Å². The van der Waals surface area contributed by atoms with E-state index >= 15 is 0 Å². The number of nitrogens with one attached hydrogen (secondary N) is 1. The van der Waals surface area contributed by atoms with E-state index in [1.54, 1.807) is 16.7 Å². The Morgan fingerprint density at radius 1 is 1.02 bits per heavy atom. The van der Waals surface area contributed by atoms with Gasteiger partial charge in [0.05, 0.1) is 33.5 Å². The molecule has 0 atom stereocenters. The number of amides is 1. The van der Waals surface area contributed by atoms with E-state index < -0.39 is 29.3 Å². The Bertz CT molecular complexity index is 1640. The Morgan fingerprint density at radius 3 is 2.35 bits per heavy atom. The van der Waals surface area contributed by atoms with Crippen molar-refractivity contribution in [2.45, 2.75) is 44.4 Å². The van der Waals surface area contributed by atoms with Gasteiger partial charge in [0.25, 0.3) is 5.91 Å². The van der Waals surface area contributed by atoms with E-state index in [1.807, 2.05) is 12.1 Å². The molecule has 1 fully saturated rings. The number of carbonyl (C=O) groups excluding carboxylic acids is 1. The molecule has 3 heterocycles. The lowest BCUT2D eigenvalue weighted by Gasteiger charge is -2.29. The Balaban J connectivity index is 1.30. The monoisotopic (exact) mass is 573 g/mol. The number of alkyl halides is 3. The Hall–Kier alpha value is -4.19. The number of imidazole rings is 1. The van der Waals surface area contributed by atoms with Crippen LogP contribution in [0.1, 0.15) is 52.2 Å². The zero-order valence-electron chi connectivity index (χ0n) is 20.9. The summed E-state index contributed by atoms with van der Waals surface area (Å²) in [7, 11) is 0. The summed E-state index contributed by atoms with van der Waals surface area (Å²) < 4.78 is 43.2. The van der Waals surface area contributed by atoms with Gasteiger partial charge in [0.1, 0.15) is 5.69 Å². The van der Waals surface area contributed by atoms with Crippen LogP contribution in [-0.2, 0) is 12.7 Å². The molecule has 0 spiro atoms. The second-order valence-corrected chi connectivity index (χ2v) is 10.1. The number of para-hydroxylation sites is 2. The quantitative estimate of drug-likeness (QED) is 0.337. The second kappa shape index (κ2) is 10.8. The van der Waals surface area contributed by atoms with Crippen LogP contribution >= 0.6 is 11.6 Å². The van der Waals surface area contributed by atoms with Crippen LogP contribution in [0.5, 0.6) is 0 Å². The SMILES string of the molecule is O=C(O)c1ccc(-n2c(=O)n(CC3CCC(NC(=O)c4cc(Cl)cnc4C(F)(F)F)CC3)c3ccccc32)cn1. The predicted molar refractivity (Wildman–Crippen MR) is 140 cm³/mol. The van der Waals surface area contributed by atoms with Crippen molar-refractivity contribution in [1.29, 1.82) is 0 Å². The summed E-state index contributed by atoms with van der Waals surface area (Å²) >= 11 is 5.80. The van der Waals surface area contributed by atoms with Gasteiger partial charge in [0.2, 0.25) is 0 Å². The molecule has 5 rings (SSSR count). The molecule has 0 bridgehead atoms. The molecule has 9 nitrogen and oxygen atoms in total. The molecule has 0 unspecified atom stereocenters. The number of fused-ring (bicyclic) bond motifs is 1. The number of carboxylic acid groups (broad SMARTS) is 1. The van der Waals surface area contributed by atoms with Crippen molar-refractivity contribution in [2.24, 2.45) is 5.92 Å². The third-order valence-electron chi connectivity index (χ3n) is 7.05. The van der Waals surface area contributed by atoms with Gasteiger partial charge in [-0.3, -0.25) is 13.9 Å². The predicted octanol–water partition coefficient (Wildman–Crippen LogP) is 4.94. The minimum Gasteiger partial charge on any atom is -0.477 e. The van der Waals surface area contributed by atoms with Crippen molar-refractivity contribution in [3.63, 3.8) is 0 Å². The molecule has 13 heteroatoms. The van der Waals surface area contributed by atoms with Gasteiger partial charge in [-0.05, 0) is 61.9 Å². The molecule has 0 aliphatic heterocycles. The topological polar surface area (TPSA) is 119 Å². The number of benzene rings is 1. The van der Waals surface area contributed by atoms with Crippen LogP contribution in [0.2, 0.25) is 5.02 Å². The molecule has 1 aliphatic rings. The number of carboxylic acids is 1. The lowest BCUT2D eigenvalue weighted by molar-refractivity contribution is -0.141. The minimum absolute atomic E-state index is 0.0694. The van der Waals surface area contributed by atoms with E-state index in [9.17, 15) is 27.6 Å². The van der Waals surface area contributed by atoms with Crippen LogP contribution < -0.4 is 11.0 Å². The highest BCUT2D eigenvalue weighted by molar-refractivity contribution is 6.30. The van der Waals surface area contributed by atoms with Crippen molar-refractivity contribution < 1.29 is 27.9 Å². The van der Waals surface area contributed by atoms with Crippen LogP contribution in [0, 0.1) is 5.92 Å². The number of pyridine rings is 2. The number of halogens is 4. The normalized spacial score (nSPS) is 17.6. The highest BCUT2D eigenvalue weighted by Crippen LogP contribution is 2.32. The van der Waals surface area contributed by atoms with Gasteiger partial charge in [0, 0.05) is 18.8 Å². The van der Waals surface area contributed by atoms with Gasteiger partial charge >= 0.3 is 17.8 Å². The fourth-order valence-electron chi connectivity index (χ4n) is 5.13. The maximum atomic E-state index is 13.5. The van der Waals surface area contributed by atoms with E-state index in [0.717, 1.165) is 12.3 Å². The second-order valence-electron chi connectivity index (χ2n) is 9.66. The van der Waals surface area contributed by atoms with Gasteiger partial charge in [-0.2, -0.15) is 13.2 Å². The molecule has 3 aromatic heterocycles. The number of aromatic nitrogens is 4. The first-order chi connectivity index (χ1) is 19.0. The Labute approximate surface area is 230 Å². The van der Waals surface area contributed by atoms with Crippen molar-refractivity contribution in [3.05, 3.63) is 87.3 Å². The standard InChI is InChI=1S/C27H23ClF3N5O4/c28-16-11-19(23(33-12-16)27(29,30)31)24(37)34-17-7-5-15(6-8-17)14-35-21-3-1-2-4-22(21)36(26(35)40)18-9-10-20(25(38)39)32-13-18/h1-4,9-13,15,17H,5-8,14H2,(H,34,37)(H,38,39). The Morgan fingerprint density at radius 2 is 1.73 bits per heavy atom. The lowest BCUT2D eigenvalue weighted by Crippen LogP contribution is -2.39. The van der Waals surface area contributed by atoms with Gasteiger partial charge < -0.3 is 10.4 Å². The summed E-state index contributed by atoms with van der Waals surface area (Å²) in [5, 5.41) is 11.7. The highest BCUT2D eigenvalue weighted by Gasteiger charge is 2.38. The van der Waals surface area contributed by atoms with Crippen molar-refractivity contribution in [3.8, 4) is 5.69 Å². The van der Waals surface area contributed by atoms with Crippen LogP contribution in [-0.4, -0.2) is 42.1 Å². The van der Waals surface area contributed by atoms with E-state index in [0.29, 0.717) is 48.9 Å². The van der Waals surface area contributed by atoms with Crippen LogP contribution in [0.25, 0.3) is 16.7 Å². The first kappa shape index (κ1) is 27.4. The van der Waals surface area contributed by atoms with Gasteiger partial charge in [-0.25, -0.2) is 19.6 Å². The maximum absolute atomic E-state index is 13.5. The first-order valence-electron chi connectivity index (χ1n) is 12.5. The zero-order chi connectivity index (χ0) is 28.6. The summed E-state index contributed by atoms with van der Waals surface area (Å²) in [5.41, 5.74) is -0.545. The average molecular weight is 574 g/mol. The number of hydrogen-bond donors (Lipinski definition) is 2. The number of nitrogens with zero attached hydrogens (tertiary/aromatic N) is 4. The molecular formula is C27H23ClF3N5O4. The Kier molecular flexibility index (Phi) is 7.37. The van der Waals surface area contributed by atoms with Crippen molar-refractivity contribution >= 4 is 34.5 Å². The molecule has 1 saturated carbocycles. The summed E-state index contributed by atoms with van der Waals surface area (Å²) in [6, 6.07) is 10.7. The summed E-state index contributed by atoms with van der Waals surface area (Å²) in [6.07, 6.45) is -0.255. The average Bonchev–Trinajstić information content (AvgIpc) is 3.20. The third-order valence-corrected chi connectivity index (χ3v) is 7.26. The first-order valence-corrected chi connectivity index (χ1v) is 12.8. The van der Waals surface area contributed by atoms with E-state index in [1.165, 1.54) is 22.9 Å². The van der Waals surface area contributed by atoms with Crippen molar-refractivity contribution in [1.82, 2.24) is 24.4 Å². The molecule has 4 aromatic rings. The van der Waals surface area contributed by atoms with E-state index in [-0.39, 0.29) is 28.4 Å². The number of hydrogen-bond acceptors (Lipinski definition) is 5. The number of rotatable bonds is 6. The maximum Gasteiger partial charge on any atom is 0.434 e. The van der Waals surface area contributed by atoms with Crippen LogP contribution in [0.4, 0.5) is 13.2 Å². The highest BCUT2D eigenvalue weighted by atomic mass is 35.5. The zero-order valence-corrected chi connectivity index (χ0v) is 21.6. The van der Waals surface area contributed by atoms with Gasteiger partial charge in [0.15, 0.2) is 5.69 Å². The fraction of sp³-hybridized carbons (Fsp3) is 0.296. The smallest absolute Gasteiger partial charge is 0.434 e. The largest absolute Gasteiger partial charge is 0.477 e. The molecule has 0 radical (unpaired) electrons. The van der Waals surface area contributed by atoms with E-state index in [4.69, 9.17) is 16.7 Å². The third kappa shape index (κ3) is 5.44.